The van der Waals surface area contributed by atoms with Crippen molar-refractivity contribution in [1.29, 1.82) is 0 Å². The van der Waals surface area contributed by atoms with Gasteiger partial charge in [-0.25, -0.2) is 4.79 Å². The molecule has 0 rings (SSSR count). The van der Waals surface area contributed by atoms with Gasteiger partial charge in [-0.2, -0.15) is 0 Å². The van der Waals surface area contributed by atoms with E-state index in [1.54, 1.807) is 20.8 Å². The first-order chi connectivity index (χ1) is 4.84. The largest absolute Gasteiger partial charge is 0.376 e. The summed E-state index contributed by atoms with van der Waals surface area (Å²) in [7, 11) is 0. The number of carbonyl (C=O) groups excluding carboxylic acids is 1. The van der Waals surface area contributed by atoms with Crippen LogP contribution in [0.4, 0.5) is 0 Å². The van der Waals surface area contributed by atoms with Gasteiger partial charge in [-0.1, -0.05) is 0 Å². The molecular weight excluding hydrogens is 146 g/mol. The van der Waals surface area contributed by atoms with Crippen LogP contribution in [0, 0.1) is 5.41 Å². The fourth-order valence-corrected chi connectivity index (χ4v) is 0.292. The molecule has 0 fully saturated rings. The summed E-state index contributed by atoms with van der Waals surface area (Å²) in [6.45, 7) is 6.67. The lowest BCUT2D eigenvalue weighted by Crippen LogP contribution is -2.34. The van der Waals surface area contributed by atoms with Crippen LogP contribution in [0.2, 0.25) is 0 Å². The number of carbonyl (C=O) groups is 1. The van der Waals surface area contributed by atoms with E-state index in [-0.39, 0.29) is 0 Å². The van der Waals surface area contributed by atoms with Gasteiger partial charge in [-0.05, 0) is 27.7 Å². The van der Waals surface area contributed by atoms with Gasteiger partial charge in [-0.3, -0.25) is 0 Å². The molecule has 0 saturated carbocycles. The molecule has 0 heterocycles. The monoisotopic (exact) mass is 161 g/mol. The van der Waals surface area contributed by atoms with Gasteiger partial charge in [0.2, 0.25) is 0 Å². The van der Waals surface area contributed by atoms with E-state index in [4.69, 9.17) is 5.11 Å². The zero-order valence-corrected chi connectivity index (χ0v) is 7.34. The zero-order valence-electron chi connectivity index (χ0n) is 7.34. The van der Waals surface area contributed by atoms with Gasteiger partial charge in [0.05, 0.1) is 5.41 Å². The second-order valence-corrected chi connectivity index (χ2v) is 3.43. The van der Waals surface area contributed by atoms with Crippen molar-refractivity contribution in [1.82, 2.24) is 5.48 Å². The van der Waals surface area contributed by atoms with Crippen molar-refractivity contribution in [3.05, 3.63) is 0 Å². The minimum absolute atomic E-state index is 0.390. The SMILES string of the molecule is CC(O)NOC(=O)C(C)(C)C. The van der Waals surface area contributed by atoms with E-state index >= 15 is 0 Å². The van der Waals surface area contributed by atoms with E-state index in [0.717, 1.165) is 0 Å². The highest BCUT2D eigenvalue weighted by atomic mass is 16.7. The van der Waals surface area contributed by atoms with E-state index in [2.05, 4.69) is 10.3 Å². The number of aliphatic hydroxyl groups is 1. The molecule has 0 saturated heterocycles. The number of hydrogen-bond acceptors (Lipinski definition) is 4. The Labute approximate surface area is 66.5 Å². The van der Waals surface area contributed by atoms with Crippen LogP contribution in [0.15, 0.2) is 0 Å². The highest BCUT2D eigenvalue weighted by molar-refractivity contribution is 5.75. The topological polar surface area (TPSA) is 58.6 Å². The highest BCUT2D eigenvalue weighted by Gasteiger charge is 2.23. The Balaban J connectivity index is 3.71. The van der Waals surface area contributed by atoms with Crippen LogP contribution < -0.4 is 5.48 Å². The molecule has 2 N–H and O–H groups in total. The standard InChI is InChI=1S/C7H15NO3/c1-5(9)8-11-6(10)7(2,3)4/h5,8-9H,1-4H3. The molecule has 66 valence electrons. The Morgan fingerprint density at radius 1 is 1.55 bits per heavy atom. The third-order valence-corrected chi connectivity index (χ3v) is 0.935. The Hall–Kier alpha value is -0.610. The molecular formula is C7H15NO3. The molecule has 0 amide bonds. The fraction of sp³-hybridized carbons (Fsp3) is 0.857. The quantitative estimate of drug-likeness (QED) is 0.455. The lowest BCUT2D eigenvalue weighted by atomic mass is 9.98. The van der Waals surface area contributed by atoms with Crippen LogP contribution in [-0.2, 0) is 9.63 Å². The van der Waals surface area contributed by atoms with E-state index in [1.807, 2.05) is 0 Å². The Bertz CT molecular complexity index is 137. The first-order valence-corrected chi connectivity index (χ1v) is 3.49. The first kappa shape index (κ1) is 10.4. The van der Waals surface area contributed by atoms with Crippen molar-refractivity contribution in [3.63, 3.8) is 0 Å². The summed E-state index contributed by atoms with van der Waals surface area (Å²) in [4.78, 5) is 15.5. The molecule has 0 aliphatic heterocycles. The maximum absolute atomic E-state index is 11.0. The summed E-state index contributed by atoms with van der Waals surface area (Å²) in [5, 5.41) is 8.68. The predicted octanol–water partition coefficient (Wildman–Crippen LogP) is 0.419. The van der Waals surface area contributed by atoms with E-state index in [0.29, 0.717) is 0 Å². The third-order valence-electron chi connectivity index (χ3n) is 0.935. The van der Waals surface area contributed by atoms with Gasteiger partial charge in [0.15, 0.2) is 0 Å². The molecule has 4 nitrogen and oxygen atoms in total. The molecule has 0 aliphatic rings. The minimum Gasteiger partial charge on any atom is -0.376 e. The van der Waals surface area contributed by atoms with E-state index < -0.39 is 17.6 Å². The van der Waals surface area contributed by atoms with Crippen LogP contribution >= 0.6 is 0 Å². The van der Waals surface area contributed by atoms with E-state index in [9.17, 15) is 4.79 Å². The predicted molar refractivity (Wildman–Crippen MR) is 40.4 cm³/mol. The average Bonchev–Trinajstić information content (AvgIpc) is 1.80. The molecule has 1 unspecified atom stereocenters. The molecule has 11 heavy (non-hydrogen) atoms. The Kier molecular flexibility index (Phi) is 3.48. The summed E-state index contributed by atoms with van der Waals surface area (Å²) < 4.78 is 0. The van der Waals surface area contributed by atoms with Crippen LogP contribution in [0.25, 0.3) is 0 Å². The Morgan fingerprint density at radius 2 is 2.00 bits per heavy atom. The minimum atomic E-state index is -0.832. The van der Waals surface area contributed by atoms with Crippen molar-refractivity contribution in [2.75, 3.05) is 0 Å². The average molecular weight is 161 g/mol. The van der Waals surface area contributed by atoms with Gasteiger partial charge < -0.3 is 9.94 Å². The molecule has 0 aromatic carbocycles. The van der Waals surface area contributed by atoms with Crippen LogP contribution in [0.1, 0.15) is 27.7 Å². The van der Waals surface area contributed by atoms with Crippen molar-refractivity contribution >= 4 is 5.97 Å². The second kappa shape index (κ2) is 3.69. The highest BCUT2D eigenvalue weighted by Crippen LogP contribution is 2.13. The number of hydrogen-bond donors (Lipinski definition) is 2. The molecule has 0 aliphatic carbocycles. The molecule has 4 heteroatoms. The van der Waals surface area contributed by atoms with Gasteiger partial charge >= 0.3 is 5.97 Å². The number of nitrogens with one attached hydrogen (secondary N) is 1. The summed E-state index contributed by atoms with van der Waals surface area (Å²) in [6.07, 6.45) is -0.832. The summed E-state index contributed by atoms with van der Waals surface area (Å²) in [5.41, 5.74) is 1.62. The van der Waals surface area contributed by atoms with Gasteiger partial charge in [0.1, 0.15) is 6.23 Å². The number of hydroxylamine groups is 1. The molecule has 0 bridgehead atoms. The third kappa shape index (κ3) is 4.75. The van der Waals surface area contributed by atoms with E-state index in [1.165, 1.54) is 6.92 Å². The van der Waals surface area contributed by atoms with Crippen molar-refractivity contribution in [2.24, 2.45) is 5.41 Å². The van der Waals surface area contributed by atoms with Gasteiger partial charge in [0, 0.05) is 0 Å². The molecule has 0 aromatic heterocycles. The zero-order chi connectivity index (χ0) is 9.07. The molecule has 1 atom stereocenters. The van der Waals surface area contributed by atoms with Crippen molar-refractivity contribution < 1.29 is 14.7 Å². The van der Waals surface area contributed by atoms with Crippen molar-refractivity contribution in [2.45, 2.75) is 33.9 Å². The Morgan fingerprint density at radius 3 is 2.27 bits per heavy atom. The summed E-state index contributed by atoms with van der Waals surface area (Å²) in [6, 6.07) is 0. The number of rotatable bonds is 2. The summed E-state index contributed by atoms with van der Waals surface area (Å²) >= 11 is 0. The second-order valence-electron chi connectivity index (χ2n) is 3.43. The normalized spacial score (nSPS) is 14.3. The van der Waals surface area contributed by atoms with Gasteiger partial charge in [0.25, 0.3) is 0 Å². The fourth-order valence-electron chi connectivity index (χ4n) is 0.292. The van der Waals surface area contributed by atoms with Gasteiger partial charge in [-0.15, -0.1) is 5.48 Å². The lowest BCUT2D eigenvalue weighted by molar-refractivity contribution is -0.168. The number of aliphatic hydroxyl groups excluding tert-OH is 1. The lowest BCUT2D eigenvalue weighted by Gasteiger charge is -2.16. The molecule has 0 radical (unpaired) electrons. The first-order valence-electron chi connectivity index (χ1n) is 3.49. The maximum atomic E-state index is 11.0. The van der Waals surface area contributed by atoms with Crippen LogP contribution in [0.3, 0.4) is 0 Å². The molecule has 0 spiro atoms. The maximum Gasteiger partial charge on any atom is 0.330 e. The van der Waals surface area contributed by atoms with Crippen molar-refractivity contribution in [3.8, 4) is 0 Å². The molecule has 0 aromatic rings. The summed E-state index contributed by atoms with van der Waals surface area (Å²) in [5.74, 6) is -0.390. The van der Waals surface area contributed by atoms with Crippen LogP contribution in [0.5, 0.6) is 0 Å². The van der Waals surface area contributed by atoms with Crippen LogP contribution in [-0.4, -0.2) is 17.3 Å². The smallest absolute Gasteiger partial charge is 0.330 e.